The van der Waals surface area contributed by atoms with Gasteiger partial charge in [0.15, 0.2) is 0 Å². The van der Waals surface area contributed by atoms with Gasteiger partial charge in [0.05, 0.1) is 26.2 Å². The molecule has 0 aliphatic rings. The van der Waals surface area contributed by atoms with Gasteiger partial charge in [-0.25, -0.2) is 4.79 Å². The number of carboxylic acid groups (broad SMARTS) is 1. The first-order valence-electron chi connectivity index (χ1n) is 5.42. The van der Waals surface area contributed by atoms with Gasteiger partial charge < -0.3 is 19.9 Å². The lowest BCUT2D eigenvalue weighted by Crippen LogP contribution is -2.40. The predicted molar refractivity (Wildman–Crippen MR) is 61.1 cm³/mol. The lowest BCUT2D eigenvalue weighted by Gasteiger charge is -2.06. The number of urea groups is 1. The second-order valence-electron chi connectivity index (χ2n) is 3.30. The molecule has 3 N–H and O–H groups in total. The first-order valence-corrected chi connectivity index (χ1v) is 5.42. The van der Waals surface area contributed by atoms with Crippen LogP contribution in [0.25, 0.3) is 0 Å². The van der Waals surface area contributed by atoms with Crippen molar-refractivity contribution in [3.05, 3.63) is 0 Å². The summed E-state index contributed by atoms with van der Waals surface area (Å²) >= 11 is 0. The summed E-state index contributed by atoms with van der Waals surface area (Å²) in [5, 5.41) is 12.7. The molecule has 0 aliphatic heterocycles. The van der Waals surface area contributed by atoms with Crippen molar-refractivity contribution < 1.29 is 29.0 Å². The van der Waals surface area contributed by atoms with Gasteiger partial charge in [0, 0.05) is 20.1 Å². The van der Waals surface area contributed by atoms with Crippen LogP contribution in [0.15, 0.2) is 0 Å². The summed E-state index contributed by atoms with van der Waals surface area (Å²) in [6.07, 6.45) is -0.535. The van der Waals surface area contributed by atoms with Crippen molar-refractivity contribution in [2.75, 3.05) is 33.5 Å². The Balaban J connectivity index is 3.47. The zero-order chi connectivity index (χ0) is 13.8. The number of hydrogen-bond donors (Lipinski definition) is 3. The fraction of sp³-hybridized carbons (Fsp3) is 0.700. The number of nitrogens with one attached hydrogen (secondary N) is 2. The first kappa shape index (κ1) is 16.3. The Morgan fingerprint density at radius 3 is 2.44 bits per heavy atom. The quantitative estimate of drug-likeness (QED) is 0.475. The van der Waals surface area contributed by atoms with Gasteiger partial charge in [-0.15, -0.1) is 0 Å². The monoisotopic (exact) mass is 262 g/mol. The number of carbonyl (C=O) groups excluding carboxylic acids is 2. The number of carbonyl (C=O) groups is 3. The topological polar surface area (TPSA) is 114 Å². The van der Waals surface area contributed by atoms with Gasteiger partial charge in [0.2, 0.25) is 5.91 Å². The smallest absolute Gasteiger partial charge is 0.321 e. The molecule has 0 saturated carbocycles. The highest BCUT2D eigenvalue weighted by molar-refractivity contribution is 5.95. The molecular formula is C10H18N2O6. The molecule has 0 heterocycles. The molecular weight excluding hydrogens is 244 g/mol. The molecule has 0 bridgehead atoms. The van der Waals surface area contributed by atoms with Crippen molar-refractivity contribution in [1.82, 2.24) is 10.6 Å². The number of ether oxygens (including phenoxy) is 2. The molecule has 0 fully saturated rings. The van der Waals surface area contributed by atoms with E-state index in [0.29, 0.717) is 19.8 Å². The van der Waals surface area contributed by atoms with E-state index in [4.69, 9.17) is 14.6 Å². The van der Waals surface area contributed by atoms with Gasteiger partial charge >= 0.3 is 12.0 Å². The normalized spacial score (nSPS) is 9.83. The number of hydrogen-bond acceptors (Lipinski definition) is 5. The van der Waals surface area contributed by atoms with E-state index in [1.54, 1.807) is 7.11 Å². The van der Waals surface area contributed by atoms with Crippen molar-refractivity contribution in [2.45, 2.75) is 12.8 Å². The molecule has 8 heteroatoms. The van der Waals surface area contributed by atoms with Crippen LogP contribution in [-0.4, -0.2) is 56.5 Å². The van der Waals surface area contributed by atoms with E-state index < -0.39 is 17.9 Å². The average molecular weight is 262 g/mol. The van der Waals surface area contributed by atoms with Crippen molar-refractivity contribution >= 4 is 17.9 Å². The van der Waals surface area contributed by atoms with Crippen LogP contribution in [0.5, 0.6) is 0 Å². The van der Waals surface area contributed by atoms with Crippen LogP contribution in [-0.2, 0) is 19.1 Å². The first-order chi connectivity index (χ1) is 8.56. The van der Waals surface area contributed by atoms with E-state index in [-0.39, 0.29) is 19.4 Å². The fourth-order valence-corrected chi connectivity index (χ4v) is 0.935. The van der Waals surface area contributed by atoms with Gasteiger partial charge in [-0.2, -0.15) is 0 Å². The molecule has 0 saturated heterocycles. The summed E-state index contributed by atoms with van der Waals surface area (Å²) in [4.78, 5) is 32.3. The van der Waals surface area contributed by atoms with Gasteiger partial charge in [0.25, 0.3) is 0 Å². The summed E-state index contributed by atoms with van der Waals surface area (Å²) < 4.78 is 9.83. The van der Waals surface area contributed by atoms with E-state index in [9.17, 15) is 14.4 Å². The van der Waals surface area contributed by atoms with E-state index in [2.05, 4.69) is 5.32 Å². The molecule has 0 atom stereocenters. The molecule has 3 amide bonds. The van der Waals surface area contributed by atoms with Crippen LogP contribution >= 0.6 is 0 Å². The Labute approximate surface area is 105 Å². The Kier molecular flexibility index (Phi) is 9.51. The highest BCUT2D eigenvalue weighted by Crippen LogP contribution is 1.88. The molecule has 0 rings (SSSR count). The van der Waals surface area contributed by atoms with Crippen molar-refractivity contribution in [2.24, 2.45) is 0 Å². The molecule has 0 aromatic heterocycles. The van der Waals surface area contributed by atoms with Crippen molar-refractivity contribution in [3.8, 4) is 0 Å². The third kappa shape index (κ3) is 10.8. The minimum Gasteiger partial charge on any atom is -0.481 e. The SMILES string of the molecule is COCCOCCNC(=O)NC(=O)CCC(=O)O. The average Bonchev–Trinajstić information content (AvgIpc) is 2.31. The number of aliphatic carboxylic acids is 1. The molecule has 0 radical (unpaired) electrons. The Bertz CT molecular complexity index is 282. The number of amides is 3. The predicted octanol–water partition coefficient (Wildman–Crippen LogP) is -0.660. The van der Waals surface area contributed by atoms with Crippen LogP contribution in [0.3, 0.4) is 0 Å². The summed E-state index contributed by atoms with van der Waals surface area (Å²) in [6, 6.07) is -0.666. The Morgan fingerprint density at radius 1 is 1.11 bits per heavy atom. The zero-order valence-corrected chi connectivity index (χ0v) is 10.2. The molecule has 0 aromatic rings. The summed E-state index contributed by atoms with van der Waals surface area (Å²) in [5.41, 5.74) is 0. The van der Waals surface area contributed by atoms with E-state index in [0.717, 1.165) is 0 Å². The van der Waals surface area contributed by atoms with Gasteiger partial charge in [-0.3, -0.25) is 14.9 Å². The maximum absolute atomic E-state index is 11.1. The van der Waals surface area contributed by atoms with E-state index >= 15 is 0 Å². The van der Waals surface area contributed by atoms with Crippen LogP contribution < -0.4 is 10.6 Å². The van der Waals surface area contributed by atoms with Crippen molar-refractivity contribution in [1.29, 1.82) is 0 Å². The number of imide groups is 1. The fourth-order valence-electron chi connectivity index (χ4n) is 0.935. The second-order valence-corrected chi connectivity index (χ2v) is 3.30. The molecule has 0 unspecified atom stereocenters. The highest BCUT2D eigenvalue weighted by atomic mass is 16.5. The molecule has 18 heavy (non-hydrogen) atoms. The van der Waals surface area contributed by atoms with Crippen LogP contribution in [0.1, 0.15) is 12.8 Å². The minimum absolute atomic E-state index is 0.229. The standard InChI is InChI=1S/C10H18N2O6/c1-17-6-7-18-5-4-11-10(16)12-8(13)2-3-9(14)15/h2-7H2,1H3,(H,14,15)(H2,11,12,13,16). The van der Waals surface area contributed by atoms with Crippen molar-refractivity contribution in [3.63, 3.8) is 0 Å². The minimum atomic E-state index is -1.09. The maximum atomic E-state index is 11.1. The Hall–Kier alpha value is -1.67. The Morgan fingerprint density at radius 2 is 1.83 bits per heavy atom. The molecule has 0 aliphatic carbocycles. The lowest BCUT2D eigenvalue weighted by molar-refractivity contribution is -0.138. The molecule has 8 nitrogen and oxygen atoms in total. The van der Waals surface area contributed by atoms with Crippen LogP contribution in [0.4, 0.5) is 4.79 Å². The second kappa shape index (κ2) is 10.5. The highest BCUT2D eigenvalue weighted by Gasteiger charge is 2.08. The molecule has 104 valence electrons. The maximum Gasteiger partial charge on any atom is 0.321 e. The number of methoxy groups -OCH3 is 1. The van der Waals surface area contributed by atoms with E-state index in [1.165, 1.54) is 0 Å². The summed E-state index contributed by atoms with van der Waals surface area (Å²) in [6.45, 7) is 1.46. The third-order valence-electron chi connectivity index (χ3n) is 1.78. The van der Waals surface area contributed by atoms with Gasteiger partial charge in [-0.05, 0) is 0 Å². The van der Waals surface area contributed by atoms with Crippen LogP contribution in [0, 0.1) is 0 Å². The molecule has 0 aromatic carbocycles. The zero-order valence-electron chi connectivity index (χ0n) is 10.2. The summed E-state index contributed by atoms with van der Waals surface area (Å²) in [5.74, 6) is -1.72. The summed E-state index contributed by atoms with van der Waals surface area (Å²) in [7, 11) is 1.55. The molecule has 0 spiro atoms. The largest absolute Gasteiger partial charge is 0.481 e. The third-order valence-corrected chi connectivity index (χ3v) is 1.78. The number of carboxylic acids is 1. The lowest BCUT2D eigenvalue weighted by atomic mass is 10.3. The number of rotatable bonds is 9. The van der Waals surface area contributed by atoms with E-state index in [1.807, 2.05) is 5.32 Å². The van der Waals surface area contributed by atoms with Crippen LogP contribution in [0.2, 0.25) is 0 Å². The van der Waals surface area contributed by atoms with Gasteiger partial charge in [0.1, 0.15) is 0 Å². The van der Waals surface area contributed by atoms with Gasteiger partial charge in [-0.1, -0.05) is 0 Å².